The van der Waals surface area contributed by atoms with Gasteiger partial charge >= 0.3 is 0 Å². The quantitative estimate of drug-likeness (QED) is 0.531. The lowest BCUT2D eigenvalue weighted by atomic mass is 9.83. The molecular formula is C19H30N4O. The third kappa shape index (κ3) is 4.98. The van der Waals surface area contributed by atoms with Gasteiger partial charge in [0.1, 0.15) is 0 Å². The molecule has 0 bridgehead atoms. The monoisotopic (exact) mass is 330 g/mol. The van der Waals surface area contributed by atoms with Crippen LogP contribution in [0.15, 0.2) is 29.3 Å². The highest BCUT2D eigenvalue weighted by Crippen LogP contribution is 2.40. The van der Waals surface area contributed by atoms with Crippen LogP contribution in [0.1, 0.15) is 61.9 Å². The lowest BCUT2D eigenvalue weighted by Crippen LogP contribution is -2.42. The van der Waals surface area contributed by atoms with Gasteiger partial charge in [-0.15, -0.1) is 0 Å². The number of nitrogens with one attached hydrogen (secondary N) is 2. The lowest BCUT2D eigenvalue weighted by molar-refractivity contribution is 0.1000. The third-order valence-corrected chi connectivity index (χ3v) is 5.02. The predicted octanol–water partition coefficient (Wildman–Crippen LogP) is 2.81. The second-order valence-electron chi connectivity index (χ2n) is 6.67. The molecule has 0 saturated heterocycles. The molecule has 0 heterocycles. The minimum Gasteiger partial charge on any atom is -0.366 e. The van der Waals surface area contributed by atoms with Crippen molar-refractivity contribution >= 4 is 11.9 Å². The fraction of sp³-hybridized carbons (Fsp3) is 0.579. The zero-order valence-corrected chi connectivity index (χ0v) is 14.9. The first-order valence-electron chi connectivity index (χ1n) is 8.99. The number of hydrogen-bond acceptors (Lipinski definition) is 2. The van der Waals surface area contributed by atoms with E-state index in [4.69, 9.17) is 5.73 Å². The Kier molecular flexibility index (Phi) is 6.64. The maximum absolute atomic E-state index is 11.3. The molecule has 1 saturated carbocycles. The number of carbonyl (C=O) groups excluding carboxylic acids is 1. The predicted molar refractivity (Wildman–Crippen MR) is 99.0 cm³/mol. The van der Waals surface area contributed by atoms with Gasteiger partial charge in [0.2, 0.25) is 5.91 Å². The van der Waals surface area contributed by atoms with E-state index in [1.54, 1.807) is 12.1 Å². The number of benzene rings is 1. The molecule has 1 aromatic rings. The summed E-state index contributed by atoms with van der Waals surface area (Å²) in [6.45, 7) is 6.67. The highest BCUT2D eigenvalue weighted by Gasteiger charge is 2.31. The van der Waals surface area contributed by atoms with Crippen molar-refractivity contribution < 1.29 is 4.79 Å². The zero-order valence-electron chi connectivity index (χ0n) is 14.9. The standard InChI is InChI=1S/C19H30N4O/c1-3-19(10-5-6-11-19)14-23-18(21-4-2)22-13-15-8-7-9-16(12-15)17(20)24/h7-9,12H,3-6,10-11,13-14H2,1-2H3,(H2,20,24)(H2,21,22,23). The van der Waals surface area contributed by atoms with E-state index >= 15 is 0 Å². The molecule has 132 valence electrons. The number of primary amides is 1. The van der Waals surface area contributed by atoms with Crippen molar-refractivity contribution in [2.24, 2.45) is 16.1 Å². The van der Waals surface area contributed by atoms with Crippen LogP contribution in [0.5, 0.6) is 0 Å². The number of nitrogens with zero attached hydrogens (tertiary/aromatic N) is 1. The van der Waals surface area contributed by atoms with E-state index in [-0.39, 0.29) is 0 Å². The Hall–Kier alpha value is -2.04. The van der Waals surface area contributed by atoms with Crippen LogP contribution in [0.2, 0.25) is 0 Å². The Morgan fingerprint density at radius 1 is 1.25 bits per heavy atom. The van der Waals surface area contributed by atoms with Crippen LogP contribution in [-0.4, -0.2) is 25.0 Å². The largest absolute Gasteiger partial charge is 0.366 e. The maximum Gasteiger partial charge on any atom is 0.248 e. The van der Waals surface area contributed by atoms with Crippen molar-refractivity contribution in [3.63, 3.8) is 0 Å². The Morgan fingerprint density at radius 2 is 2.00 bits per heavy atom. The lowest BCUT2D eigenvalue weighted by Gasteiger charge is -2.28. The Bertz CT molecular complexity index is 576. The molecule has 0 atom stereocenters. The first kappa shape index (κ1) is 18.3. The van der Waals surface area contributed by atoms with Gasteiger partial charge in [-0.25, -0.2) is 4.99 Å². The van der Waals surface area contributed by atoms with Crippen molar-refractivity contribution in [1.29, 1.82) is 0 Å². The molecule has 2 rings (SSSR count). The summed E-state index contributed by atoms with van der Waals surface area (Å²) in [7, 11) is 0. The first-order valence-corrected chi connectivity index (χ1v) is 8.99. The van der Waals surface area contributed by atoms with Gasteiger partial charge in [0.05, 0.1) is 6.54 Å². The molecule has 1 amide bonds. The summed E-state index contributed by atoms with van der Waals surface area (Å²) in [6.07, 6.45) is 6.49. The molecular weight excluding hydrogens is 300 g/mol. The number of rotatable bonds is 7. The van der Waals surface area contributed by atoms with Gasteiger partial charge in [0.15, 0.2) is 5.96 Å². The summed E-state index contributed by atoms with van der Waals surface area (Å²) >= 11 is 0. The number of hydrogen-bond donors (Lipinski definition) is 3. The van der Waals surface area contributed by atoms with Gasteiger partial charge in [-0.1, -0.05) is 31.9 Å². The third-order valence-electron chi connectivity index (χ3n) is 5.02. The summed E-state index contributed by atoms with van der Waals surface area (Å²) < 4.78 is 0. The summed E-state index contributed by atoms with van der Waals surface area (Å²) in [4.78, 5) is 15.9. The normalized spacial score (nSPS) is 16.8. The minimum absolute atomic E-state index is 0.406. The summed E-state index contributed by atoms with van der Waals surface area (Å²) in [5.74, 6) is 0.429. The van der Waals surface area contributed by atoms with Crippen LogP contribution in [-0.2, 0) is 6.54 Å². The average molecular weight is 330 g/mol. The van der Waals surface area contributed by atoms with Crippen molar-refractivity contribution in [2.75, 3.05) is 13.1 Å². The van der Waals surface area contributed by atoms with Gasteiger partial charge < -0.3 is 16.4 Å². The summed E-state index contributed by atoms with van der Waals surface area (Å²) in [6, 6.07) is 7.34. The molecule has 1 fully saturated rings. The molecule has 0 aliphatic heterocycles. The van der Waals surface area contributed by atoms with Crippen LogP contribution < -0.4 is 16.4 Å². The van der Waals surface area contributed by atoms with Crippen LogP contribution in [0.3, 0.4) is 0 Å². The van der Waals surface area contributed by atoms with E-state index in [1.807, 2.05) is 12.1 Å². The van der Waals surface area contributed by atoms with Gasteiger partial charge in [-0.2, -0.15) is 0 Å². The smallest absolute Gasteiger partial charge is 0.248 e. The van der Waals surface area contributed by atoms with Crippen molar-refractivity contribution in [3.05, 3.63) is 35.4 Å². The van der Waals surface area contributed by atoms with E-state index in [0.717, 1.165) is 24.6 Å². The maximum atomic E-state index is 11.3. The SMILES string of the molecule is CCNC(=NCc1cccc(C(N)=O)c1)NCC1(CC)CCCC1. The van der Waals surface area contributed by atoms with Gasteiger partial charge in [-0.05, 0) is 49.3 Å². The van der Waals surface area contributed by atoms with Gasteiger partial charge in [0, 0.05) is 18.7 Å². The van der Waals surface area contributed by atoms with Crippen LogP contribution in [0.4, 0.5) is 0 Å². The van der Waals surface area contributed by atoms with E-state index in [2.05, 4.69) is 29.5 Å². The average Bonchev–Trinajstić information content (AvgIpc) is 3.07. The van der Waals surface area contributed by atoms with Crippen molar-refractivity contribution in [2.45, 2.75) is 52.5 Å². The van der Waals surface area contributed by atoms with Crippen molar-refractivity contribution in [1.82, 2.24) is 10.6 Å². The van der Waals surface area contributed by atoms with Crippen LogP contribution in [0.25, 0.3) is 0 Å². The Morgan fingerprint density at radius 3 is 2.62 bits per heavy atom. The molecule has 0 aromatic heterocycles. The molecule has 0 spiro atoms. The first-order chi connectivity index (χ1) is 11.6. The summed E-state index contributed by atoms with van der Waals surface area (Å²) in [5.41, 5.74) is 7.26. The molecule has 24 heavy (non-hydrogen) atoms. The number of amides is 1. The Labute approximate surface area is 145 Å². The topological polar surface area (TPSA) is 79.5 Å². The van der Waals surface area contributed by atoms with Gasteiger partial charge in [0.25, 0.3) is 0 Å². The highest BCUT2D eigenvalue weighted by atomic mass is 16.1. The van der Waals surface area contributed by atoms with Crippen molar-refractivity contribution in [3.8, 4) is 0 Å². The fourth-order valence-electron chi connectivity index (χ4n) is 3.39. The van der Waals surface area contributed by atoms with E-state index in [9.17, 15) is 4.79 Å². The van der Waals surface area contributed by atoms with E-state index < -0.39 is 5.91 Å². The van der Waals surface area contributed by atoms with Crippen LogP contribution >= 0.6 is 0 Å². The second-order valence-corrected chi connectivity index (χ2v) is 6.67. The molecule has 1 aliphatic carbocycles. The molecule has 0 radical (unpaired) electrons. The van der Waals surface area contributed by atoms with E-state index in [1.165, 1.54) is 32.1 Å². The number of nitrogens with two attached hydrogens (primary N) is 1. The molecule has 5 nitrogen and oxygen atoms in total. The molecule has 4 N–H and O–H groups in total. The van der Waals surface area contributed by atoms with Gasteiger partial charge in [-0.3, -0.25) is 4.79 Å². The number of guanidine groups is 1. The van der Waals surface area contributed by atoms with E-state index in [0.29, 0.717) is 17.5 Å². The Balaban J connectivity index is 2.00. The zero-order chi connectivity index (χ0) is 17.4. The van der Waals surface area contributed by atoms with Crippen LogP contribution in [0, 0.1) is 5.41 Å². The minimum atomic E-state index is -0.406. The number of carbonyl (C=O) groups is 1. The molecule has 1 aliphatic rings. The fourth-order valence-corrected chi connectivity index (χ4v) is 3.39. The molecule has 1 aromatic carbocycles. The number of aliphatic imine (C=N–C) groups is 1. The summed E-state index contributed by atoms with van der Waals surface area (Å²) in [5, 5.41) is 6.81. The second kappa shape index (κ2) is 8.71. The molecule has 5 heteroatoms. The highest BCUT2D eigenvalue weighted by molar-refractivity contribution is 5.92. The molecule has 0 unspecified atom stereocenters.